The van der Waals surface area contributed by atoms with Crippen LogP contribution >= 0.6 is 39.9 Å². The minimum atomic E-state index is 0. The first-order chi connectivity index (χ1) is 12.9. The van der Waals surface area contributed by atoms with Crippen LogP contribution in [0.5, 0.6) is 5.75 Å². The molecule has 28 heavy (non-hydrogen) atoms. The van der Waals surface area contributed by atoms with Crippen molar-refractivity contribution in [1.82, 2.24) is 20.4 Å². The van der Waals surface area contributed by atoms with Gasteiger partial charge >= 0.3 is 0 Å². The topological polar surface area (TPSA) is 63.5 Å². The number of aliphatic imine (C=N–C) groups is 1. The van der Waals surface area contributed by atoms with Gasteiger partial charge in [0.05, 0.1) is 12.2 Å². The molecule has 2 rings (SSSR count). The van der Waals surface area contributed by atoms with Gasteiger partial charge in [-0.2, -0.15) is 5.10 Å². The summed E-state index contributed by atoms with van der Waals surface area (Å²) in [6.45, 7) is 10.3. The van der Waals surface area contributed by atoms with Gasteiger partial charge < -0.3 is 15.4 Å². The summed E-state index contributed by atoms with van der Waals surface area (Å²) in [6, 6.07) is 8.06. The van der Waals surface area contributed by atoms with Crippen molar-refractivity contribution in [3.63, 3.8) is 0 Å². The molecular formula is C20H31BrIN5O. The summed E-state index contributed by atoms with van der Waals surface area (Å²) in [4.78, 5) is 4.62. The number of ether oxygens (including phenoxy) is 1. The maximum atomic E-state index is 5.73. The van der Waals surface area contributed by atoms with Crippen LogP contribution in [0.1, 0.15) is 30.8 Å². The fraction of sp³-hybridized carbons (Fsp3) is 0.500. The zero-order valence-corrected chi connectivity index (χ0v) is 21.2. The molecule has 8 heteroatoms. The average Bonchev–Trinajstić information content (AvgIpc) is 2.86. The van der Waals surface area contributed by atoms with Crippen molar-refractivity contribution in [2.24, 2.45) is 12.0 Å². The van der Waals surface area contributed by atoms with Crippen molar-refractivity contribution >= 4 is 45.9 Å². The molecule has 0 aliphatic carbocycles. The highest BCUT2D eigenvalue weighted by molar-refractivity contribution is 14.0. The van der Waals surface area contributed by atoms with E-state index in [1.165, 1.54) is 11.3 Å². The highest BCUT2D eigenvalue weighted by Crippen LogP contribution is 2.16. The Hall–Kier alpha value is -1.29. The predicted octanol–water partition coefficient (Wildman–Crippen LogP) is 3.98. The summed E-state index contributed by atoms with van der Waals surface area (Å²) in [7, 11) is 1.99. The molecule has 156 valence electrons. The van der Waals surface area contributed by atoms with Crippen molar-refractivity contribution in [2.45, 2.75) is 40.2 Å². The smallest absolute Gasteiger partial charge is 0.191 e. The maximum absolute atomic E-state index is 5.73. The highest BCUT2D eigenvalue weighted by Gasteiger charge is 2.13. The molecule has 0 radical (unpaired) electrons. The summed E-state index contributed by atoms with van der Waals surface area (Å²) < 4.78 is 8.71. The van der Waals surface area contributed by atoms with Gasteiger partial charge in [-0.3, -0.25) is 4.68 Å². The van der Waals surface area contributed by atoms with E-state index >= 15 is 0 Å². The molecule has 0 saturated carbocycles. The number of guanidine groups is 1. The number of aromatic nitrogens is 2. The third-order valence-electron chi connectivity index (χ3n) is 4.34. The molecule has 2 N–H and O–H groups in total. The fourth-order valence-corrected chi connectivity index (χ4v) is 3.14. The number of nitrogens with one attached hydrogen (secondary N) is 2. The number of hydrogen-bond acceptors (Lipinski definition) is 3. The third kappa shape index (κ3) is 7.62. The van der Waals surface area contributed by atoms with Gasteiger partial charge in [-0.05, 0) is 63.9 Å². The molecule has 1 unspecified atom stereocenters. The van der Waals surface area contributed by atoms with E-state index in [0.717, 1.165) is 34.8 Å². The van der Waals surface area contributed by atoms with E-state index in [2.05, 4.69) is 64.3 Å². The van der Waals surface area contributed by atoms with Crippen molar-refractivity contribution in [3.05, 3.63) is 45.7 Å². The highest BCUT2D eigenvalue weighted by atomic mass is 127. The van der Waals surface area contributed by atoms with Gasteiger partial charge in [0, 0.05) is 29.8 Å². The van der Waals surface area contributed by atoms with Crippen LogP contribution in [0.4, 0.5) is 0 Å². The Labute approximate surface area is 193 Å². The number of hydrogen-bond donors (Lipinski definition) is 2. The van der Waals surface area contributed by atoms with Crippen molar-refractivity contribution in [3.8, 4) is 5.75 Å². The Balaban J connectivity index is 0.00000392. The van der Waals surface area contributed by atoms with E-state index in [9.17, 15) is 0 Å². The maximum Gasteiger partial charge on any atom is 0.191 e. The predicted molar refractivity (Wildman–Crippen MR) is 130 cm³/mol. The monoisotopic (exact) mass is 563 g/mol. The summed E-state index contributed by atoms with van der Waals surface area (Å²) >= 11 is 3.42. The molecule has 6 nitrogen and oxygen atoms in total. The molecule has 1 aromatic carbocycles. The van der Waals surface area contributed by atoms with E-state index in [0.29, 0.717) is 13.2 Å². The van der Waals surface area contributed by atoms with Gasteiger partial charge in [-0.25, -0.2) is 4.99 Å². The standard InChI is InChI=1S/C20H30BrN5O.HI/c1-6-22-20(23-11-12-27-18-9-7-17(21)8-10-18)24-14(2)13-19-15(3)25-26(5)16(19)4;/h7-10,14H,6,11-13H2,1-5H3,(H2,22,23,24);1H. The third-order valence-corrected chi connectivity index (χ3v) is 4.87. The summed E-state index contributed by atoms with van der Waals surface area (Å²) in [5.41, 5.74) is 3.60. The van der Waals surface area contributed by atoms with Gasteiger partial charge in [0.2, 0.25) is 0 Å². The van der Waals surface area contributed by atoms with Crippen LogP contribution in [0, 0.1) is 13.8 Å². The molecule has 0 spiro atoms. The minimum Gasteiger partial charge on any atom is -0.492 e. The van der Waals surface area contributed by atoms with E-state index < -0.39 is 0 Å². The second-order valence-electron chi connectivity index (χ2n) is 6.59. The summed E-state index contributed by atoms with van der Waals surface area (Å²) in [5.74, 6) is 1.66. The second kappa shape index (κ2) is 12.3. The molecule has 0 aliphatic rings. The average molecular weight is 564 g/mol. The summed E-state index contributed by atoms with van der Waals surface area (Å²) in [6.07, 6.45) is 0.908. The van der Waals surface area contributed by atoms with Gasteiger partial charge in [0.15, 0.2) is 5.96 Å². The molecule has 1 heterocycles. The van der Waals surface area contributed by atoms with Crippen LogP contribution in [0.25, 0.3) is 0 Å². The first kappa shape index (κ1) is 24.7. The van der Waals surface area contributed by atoms with Crippen LogP contribution in [-0.2, 0) is 13.5 Å². The van der Waals surface area contributed by atoms with Crippen LogP contribution in [0.15, 0.2) is 33.7 Å². The first-order valence-electron chi connectivity index (χ1n) is 9.33. The Bertz CT molecular complexity index is 761. The number of aryl methyl sites for hydroxylation is 2. The van der Waals surface area contributed by atoms with Gasteiger partial charge in [0.25, 0.3) is 0 Å². The molecule has 0 saturated heterocycles. The lowest BCUT2D eigenvalue weighted by molar-refractivity contribution is 0.328. The lowest BCUT2D eigenvalue weighted by atomic mass is 10.1. The molecule has 0 aliphatic heterocycles. The number of benzene rings is 1. The van der Waals surface area contributed by atoms with Gasteiger partial charge in [-0.15, -0.1) is 24.0 Å². The SMILES string of the molecule is CCNC(=NCCOc1ccc(Br)cc1)NC(C)Cc1c(C)nn(C)c1C.I. The number of nitrogens with zero attached hydrogens (tertiary/aromatic N) is 3. The fourth-order valence-electron chi connectivity index (χ4n) is 2.88. The largest absolute Gasteiger partial charge is 0.492 e. The molecular weight excluding hydrogens is 533 g/mol. The quantitative estimate of drug-likeness (QED) is 0.221. The Morgan fingerprint density at radius 3 is 2.54 bits per heavy atom. The van der Waals surface area contributed by atoms with Crippen molar-refractivity contribution in [1.29, 1.82) is 0 Å². The van der Waals surface area contributed by atoms with Gasteiger partial charge in [-0.1, -0.05) is 15.9 Å². The van der Waals surface area contributed by atoms with Crippen LogP contribution in [0.3, 0.4) is 0 Å². The molecule has 2 aromatic rings. The zero-order chi connectivity index (χ0) is 19.8. The van der Waals surface area contributed by atoms with Crippen LogP contribution in [-0.4, -0.2) is 41.5 Å². The normalized spacial score (nSPS) is 12.3. The minimum absolute atomic E-state index is 0. The Morgan fingerprint density at radius 2 is 1.96 bits per heavy atom. The molecule has 0 bridgehead atoms. The number of halogens is 2. The lowest BCUT2D eigenvalue weighted by Crippen LogP contribution is -2.43. The molecule has 1 aromatic heterocycles. The van der Waals surface area contributed by atoms with E-state index in [1.54, 1.807) is 0 Å². The van der Waals surface area contributed by atoms with Crippen LogP contribution in [0.2, 0.25) is 0 Å². The number of rotatable bonds is 8. The van der Waals surface area contributed by atoms with Crippen molar-refractivity contribution < 1.29 is 4.74 Å². The zero-order valence-electron chi connectivity index (χ0n) is 17.3. The van der Waals surface area contributed by atoms with E-state index in [-0.39, 0.29) is 30.0 Å². The van der Waals surface area contributed by atoms with Gasteiger partial charge in [0.1, 0.15) is 12.4 Å². The van der Waals surface area contributed by atoms with E-state index in [1.807, 2.05) is 36.0 Å². The Morgan fingerprint density at radius 1 is 1.29 bits per heavy atom. The second-order valence-corrected chi connectivity index (χ2v) is 7.50. The lowest BCUT2D eigenvalue weighted by Gasteiger charge is -2.18. The van der Waals surface area contributed by atoms with E-state index in [4.69, 9.17) is 4.74 Å². The molecule has 0 fully saturated rings. The summed E-state index contributed by atoms with van der Waals surface area (Å²) in [5, 5.41) is 11.3. The Kier molecular flexibility index (Phi) is 10.9. The molecule has 1 atom stereocenters. The van der Waals surface area contributed by atoms with Crippen molar-refractivity contribution in [2.75, 3.05) is 19.7 Å². The van der Waals surface area contributed by atoms with Crippen LogP contribution < -0.4 is 15.4 Å². The first-order valence-corrected chi connectivity index (χ1v) is 10.1. The molecule has 0 amide bonds.